The van der Waals surface area contributed by atoms with Crippen LogP contribution in [0.4, 0.5) is 0 Å². The highest BCUT2D eigenvalue weighted by atomic mass is 16.7. The van der Waals surface area contributed by atoms with E-state index in [9.17, 15) is 5.11 Å². The van der Waals surface area contributed by atoms with Crippen LogP contribution in [0.2, 0.25) is 0 Å². The first-order valence-corrected chi connectivity index (χ1v) is 9.83. The molecule has 1 aromatic carbocycles. The Morgan fingerprint density at radius 1 is 1.29 bits per heavy atom. The van der Waals surface area contributed by atoms with E-state index in [2.05, 4.69) is 36.0 Å². The van der Waals surface area contributed by atoms with Gasteiger partial charge in [0.05, 0.1) is 26.0 Å². The average Bonchev–Trinajstić information content (AvgIpc) is 3.39. The van der Waals surface area contributed by atoms with Crippen molar-refractivity contribution in [3.63, 3.8) is 0 Å². The number of benzene rings is 1. The van der Waals surface area contributed by atoms with Crippen LogP contribution in [0.3, 0.4) is 0 Å². The van der Waals surface area contributed by atoms with E-state index in [1.807, 2.05) is 25.1 Å². The van der Waals surface area contributed by atoms with Crippen molar-refractivity contribution in [2.24, 2.45) is 11.3 Å². The largest absolute Gasteiger partial charge is 0.382 e. The summed E-state index contributed by atoms with van der Waals surface area (Å²) in [6, 6.07) is 5.94. The lowest BCUT2D eigenvalue weighted by molar-refractivity contribution is -0.227. The van der Waals surface area contributed by atoms with Crippen molar-refractivity contribution in [1.82, 2.24) is 15.0 Å². The van der Waals surface area contributed by atoms with Crippen molar-refractivity contribution in [3.8, 4) is 11.8 Å². The third kappa shape index (κ3) is 4.61. The molecule has 2 heterocycles. The van der Waals surface area contributed by atoms with E-state index in [-0.39, 0.29) is 11.7 Å². The van der Waals surface area contributed by atoms with Gasteiger partial charge in [0, 0.05) is 16.9 Å². The van der Waals surface area contributed by atoms with E-state index in [0.717, 1.165) is 16.7 Å². The molecule has 1 aromatic heterocycles. The third-order valence-electron chi connectivity index (χ3n) is 5.06. The highest BCUT2D eigenvalue weighted by Crippen LogP contribution is 2.28. The molecule has 2 fully saturated rings. The van der Waals surface area contributed by atoms with Crippen LogP contribution in [-0.4, -0.2) is 39.6 Å². The van der Waals surface area contributed by atoms with Crippen LogP contribution in [0.1, 0.15) is 55.2 Å². The number of hydrogen-bond acceptors (Lipinski definition) is 5. The molecule has 2 aromatic rings. The smallest absolute Gasteiger partial charge is 0.177 e. The highest BCUT2D eigenvalue weighted by molar-refractivity contribution is 5.43. The fraction of sp³-hybridized carbons (Fsp3) is 0.545. The van der Waals surface area contributed by atoms with Crippen LogP contribution >= 0.6 is 0 Å². The highest BCUT2D eigenvalue weighted by Gasteiger charge is 2.29. The van der Waals surface area contributed by atoms with Gasteiger partial charge in [-0.15, -0.1) is 5.10 Å². The molecule has 1 atom stereocenters. The van der Waals surface area contributed by atoms with Gasteiger partial charge in [0.1, 0.15) is 11.8 Å². The Balaban J connectivity index is 1.45. The number of aliphatic hydroxyl groups is 1. The number of aliphatic hydroxyl groups excluding tert-OH is 1. The van der Waals surface area contributed by atoms with E-state index in [4.69, 9.17) is 9.47 Å². The Bertz CT molecular complexity index is 895. The molecule has 2 aliphatic rings. The lowest BCUT2D eigenvalue weighted by Gasteiger charge is -2.34. The monoisotopic (exact) mass is 381 g/mol. The molecule has 0 bridgehead atoms. The van der Waals surface area contributed by atoms with E-state index in [1.165, 1.54) is 12.8 Å². The van der Waals surface area contributed by atoms with Crippen LogP contribution < -0.4 is 0 Å². The SMILES string of the molecule is Cc1ccc(C#CC2CC2)cc1C(O)c1cn(CC2OCC(C)(C)CO2)nn1. The number of aryl methyl sites for hydroxylation is 1. The Labute approximate surface area is 165 Å². The molecule has 0 amide bonds. The van der Waals surface area contributed by atoms with Crippen molar-refractivity contribution < 1.29 is 14.6 Å². The molecule has 1 saturated carbocycles. The molecule has 0 radical (unpaired) electrons. The second-order valence-electron chi connectivity index (χ2n) is 8.60. The van der Waals surface area contributed by atoms with Crippen molar-refractivity contribution in [1.29, 1.82) is 0 Å². The van der Waals surface area contributed by atoms with Gasteiger partial charge in [0.2, 0.25) is 0 Å². The standard InChI is InChI=1S/C22H27N3O3/c1-15-4-5-17(9-8-16-6-7-16)10-18(15)21(26)19-11-25(24-23-19)12-20-27-13-22(2,3)14-28-20/h4-5,10-11,16,20-21,26H,6-7,12-14H2,1-3H3. The van der Waals surface area contributed by atoms with Gasteiger partial charge in [-0.1, -0.05) is 37.0 Å². The minimum absolute atomic E-state index is 0.0329. The molecule has 1 aliphatic heterocycles. The van der Waals surface area contributed by atoms with Crippen LogP contribution in [0.25, 0.3) is 0 Å². The molecular weight excluding hydrogens is 354 g/mol. The molecule has 4 rings (SSSR count). The van der Waals surface area contributed by atoms with Gasteiger partial charge in [-0.05, 0) is 43.0 Å². The molecule has 1 unspecified atom stereocenters. The van der Waals surface area contributed by atoms with Crippen LogP contribution in [-0.2, 0) is 16.0 Å². The summed E-state index contributed by atoms with van der Waals surface area (Å²) in [5, 5.41) is 19.1. The zero-order valence-corrected chi connectivity index (χ0v) is 16.7. The van der Waals surface area contributed by atoms with E-state index < -0.39 is 6.10 Å². The van der Waals surface area contributed by atoms with Gasteiger partial charge in [-0.3, -0.25) is 0 Å². The first-order chi connectivity index (χ1) is 13.4. The summed E-state index contributed by atoms with van der Waals surface area (Å²) in [5.74, 6) is 7.02. The minimum Gasteiger partial charge on any atom is -0.382 e. The maximum atomic E-state index is 10.8. The van der Waals surface area contributed by atoms with E-state index in [0.29, 0.717) is 31.4 Å². The number of aromatic nitrogens is 3. The zero-order chi connectivity index (χ0) is 19.7. The van der Waals surface area contributed by atoms with Crippen LogP contribution in [0, 0.1) is 30.1 Å². The first kappa shape index (κ1) is 19.1. The Kier molecular flexibility index (Phi) is 5.24. The van der Waals surface area contributed by atoms with Gasteiger partial charge < -0.3 is 14.6 Å². The number of hydrogen-bond donors (Lipinski definition) is 1. The lowest BCUT2D eigenvalue weighted by atomic mass is 9.96. The average molecular weight is 381 g/mol. The van der Waals surface area contributed by atoms with E-state index >= 15 is 0 Å². The summed E-state index contributed by atoms with van der Waals surface area (Å²) in [7, 11) is 0. The number of nitrogens with zero attached hydrogens (tertiary/aromatic N) is 3. The Morgan fingerprint density at radius 2 is 2.04 bits per heavy atom. The van der Waals surface area contributed by atoms with Crippen molar-refractivity contribution >= 4 is 0 Å². The molecule has 1 saturated heterocycles. The van der Waals surface area contributed by atoms with Gasteiger partial charge >= 0.3 is 0 Å². The fourth-order valence-corrected chi connectivity index (χ4v) is 3.10. The molecular formula is C22H27N3O3. The molecule has 6 nitrogen and oxygen atoms in total. The normalized spacial score (nSPS) is 20.4. The molecule has 148 valence electrons. The summed E-state index contributed by atoms with van der Waals surface area (Å²) in [5.41, 5.74) is 3.27. The molecule has 0 spiro atoms. The van der Waals surface area contributed by atoms with Crippen molar-refractivity contribution in [2.75, 3.05) is 13.2 Å². The van der Waals surface area contributed by atoms with Crippen molar-refractivity contribution in [2.45, 2.75) is 52.6 Å². The third-order valence-corrected chi connectivity index (χ3v) is 5.06. The minimum atomic E-state index is -0.844. The maximum Gasteiger partial charge on any atom is 0.177 e. The van der Waals surface area contributed by atoms with Crippen LogP contribution in [0.15, 0.2) is 24.4 Å². The van der Waals surface area contributed by atoms with Gasteiger partial charge in [-0.2, -0.15) is 0 Å². The van der Waals surface area contributed by atoms with Gasteiger partial charge in [-0.25, -0.2) is 4.68 Å². The Morgan fingerprint density at radius 3 is 2.75 bits per heavy atom. The summed E-state index contributed by atoms with van der Waals surface area (Å²) in [6.45, 7) is 7.94. The topological polar surface area (TPSA) is 69.4 Å². The summed E-state index contributed by atoms with van der Waals surface area (Å²) in [6.07, 6.45) is 2.96. The molecule has 1 N–H and O–H groups in total. The fourth-order valence-electron chi connectivity index (χ4n) is 3.10. The zero-order valence-electron chi connectivity index (χ0n) is 16.7. The lowest BCUT2D eigenvalue weighted by Crippen LogP contribution is -2.39. The summed E-state index contributed by atoms with van der Waals surface area (Å²) < 4.78 is 13.2. The van der Waals surface area contributed by atoms with Gasteiger partial charge in [0.25, 0.3) is 0 Å². The second-order valence-corrected chi connectivity index (χ2v) is 8.60. The van der Waals surface area contributed by atoms with E-state index in [1.54, 1.807) is 10.9 Å². The number of rotatable bonds is 4. The number of ether oxygens (including phenoxy) is 2. The quantitative estimate of drug-likeness (QED) is 0.825. The predicted molar refractivity (Wildman–Crippen MR) is 104 cm³/mol. The maximum absolute atomic E-state index is 10.8. The van der Waals surface area contributed by atoms with Crippen LogP contribution in [0.5, 0.6) is 0 Å². The van der Waals surface area contributed by atoms with Crippen molar-refractivity contribution in [3.05, 3.63) is 46.8 Å². The first-order valence-electron chi connectivity index (χ1n) is 9.83. The second kappa shape index (κ2) is 7.67. The summed E-state index contributed by atoms with van der Waals surface area (Å²) >= 11 is 0. The molecule has 6 heteroatoms. The Hall–Kier alpha value is -2.20. The summed E-state index contributed by atoms with van der Waals surface area (Å²) in [4.78, 5) is 0. The predicted octanol–water partition coefficient (Wildman–Crippen LogP) is 2.83. The molecule has 28 heavy (non-hydrogen) atoms. The molecule has 1 aliphatic carbocycles. The van der Waals surface area contributed by atoms with Gasteiger partial charge in [0.15, 0.2) is 6.29 Å².